The average molecular weight is 898 g/mol. The molecule has 0 N–H and O–H groups in total. The molecule has 0 aromatic rings. The third-order valence-corrected chi connectivity index (χ3v) is 12.4. The van der Waals surface area contributed by atoms with Crippen LogP contribution in [-0.4, -0.2) is 70.0 Å². The summed E-state index contributed by atoms with van der Waals surface area (Å²) in [5, 5.41) is 0. The van der Waals surface area contributed by atoms with Crippen LogP contribution in [0.3, 0.4) is 0 Å². The number of unbranched alkanes of at least 4 members (excludes halogenated alkanes) is 30. The van der Waals surface area contributed by atoms with E-state index in [2.05, 4.69) is 38.2 Å². The molecule has 0 aromatic heterocycles. The first kappa shape index (κ1) is 60.5. The smallest absolute Gasteiger partial charge is 0.306 e. The number of allylic oxidation sites excluding steroid dienone is 4. The first-order valence-corrected chi connectivity index (χ1v) is 27.5. The number of carbonyl (C=O) groups excluding carboxylic acids is 2. The number of nitrogens with zero attached hydrogens (tertiary/aromatic N) is 1. The molecule has 62 heavy (non-hydrogen) atoms. The summed E-state index contributed by atoms with van der Waals surface area (Å²) in [6.45, 7) is 4.21. The minimum absolute atomic E-state index is 0.0339. The normalized spacial score (nSPS) is 13.6. The molecule has 0 aromatic carbocycles. The zero-order valence-electron chi connectivity index (χ0n) is 41.3. The van der Waals surface area contributed by atoms with Gasteiger partial charge in [0.05, 0.1) is 27.7 Å². The molecule has 2 atom stereocenters. The van der Waals surface area contributed by atoms with Gasteiger partial charge >= 0.3 is 11.9 Å². The van der Waals surface area contributed by atoms with Gasteiger partial charge in [0, 0.05) is 12.8 Å². The highest BCUT2D eigenvalue weighted by Crippen LogP contribution is 2.38. The lowest BCUT2D eigenvalue weighted by Gasteiger charge is -2.28. The summed E-state index contributed by atoms with van der Waals surface area (Å²) in [6.07, 6.45) is 50.8. The summed E-state index contributed by atoms with van der Waals surface area (Å²) in [5.74, 6) is -0.864. The standard InChI is InChI=1S/C52H100NO8P/c1-6-8-10-12-14-16-18-20-22-23-24-25-26-27-28-29-31-33-35-37-39-41-43-45-52(55)61-50(49-60-62(56,57)59-47-46-53(3,4)5)48-58-51(54)44-42-40-38-36-34-32-30-21-19-17-15-13-11-9-7-2/h13,15,37,39,50H,6-12,14,16-36,38,40-49H2,1-5H3/b15-13+,39-37+/t50-/m1/s1. The Morgan fingerprint density at radius 2 is 0.855 bits per heavy atom. The Morgan fingerprint density at radius 3 is 1.29 bits per heavy atom. The summed E-state index contributed by atoms with van der Waals surface area (Å²) in [5.41, 5.74) is 0. The molecule has 0 saturated carbocycles. The minimum Gasteiger partial charge on any atom is -0.756 e. The third kappa shape index (κ3) is 48.0. The maximum Gasteiger partial charge on any atom is 0.306 e. The van der Waals surface area contributed by atoms with Gasteiger partial charge < -0.3 is 27.9 Å². The minimum atomic E-state index is -4.63. The van der Waals surface area contributed by atoms with Crippen LogP contribution < -0.4 is 4.89 Å². The zero-order valence-corrected chi connectivity index (χ0v) is 42.2. The van der Waals surface area contributed by atoms with Crippen molar-refractivity contribution in [2.24, 2.45) is 0 Å². The fourth-order valence-electron chi connectivity index (χ4n) is 7.35. The predicted octanol–water partition coefficient (Wildman–Crippen LogP) is 14.8. The Kier molecular flexibility index (Phi) is 43.6. The lowest BCUT2D eigenvalue weighted by atomic mass is 10.0. The summed E-state index contributed by atoms with van der Waals surface area (Å²) >= 11 is 0. The molecule has 9 nitrogen and oxygen atoms in total. The van der Waals surface area contributed by atoms with Crippen LogP contribution in [0, 0.1) is 0 Å². The van der Waals surface area contributed by atoms with Gasteiger partial charge in [-0.2, -0.15) is 0 Å². The van der Waals surface area contributed by atoms with Crippen LogP contribution in [0.1, 0.15) is 245 Å². The molecular weight excluding hydrogens is 798 g/mol. The van der Waals surface area contributed by atoms with Crippen LogP contribution in [0.5, 0.6) is 0 Å². The molecule has 0 spiro atoms. The molecule has 0 bridgehead atoms. The van der Waals surface area contributed by atoms with Crippen molar-refractivity contribution in [2.45, 2.75) is 251 Å². The van der Waals surface area contributed by atoms with Crippen molar-refractivity contribution in [1.29, 1.82) is 0 Å². The maximum atomic E-state index is 12.7. The molecule has 0 aliphatic heterocycles. The topological polar surface area (TPSA) is 111 Å². The van der Waals surface area contributed by atoms with Gasteiger partial charge in [0.15, 0.2) is 6.10 Å². The monoisotopic (exact) mass is 898 g/mol. The second kappa shape index (κ2) is 44.7. The number of quaternary nitrogens is 1. The second-order valence-electron chi connectivity index (χ2n) is 18.9. The van der Waals surface area contributed by atoms with Crippen LogP contribution in [0.15, 0.2) is 24.3 Å². The van der Waals surface area contributed by atoms with E-state index in [9.17, 15) is 19.0 Å². The summed E-state index contributed by atoms with van der Waals surface area (Å²) in [7, 11) is 1.16. The van der Waals surface area contributed by atoms with Gasteiger partial charge in [-0.15, -0.1) is 0 Å². The Morgan fingerprint density at radius 1 is 0.484 bits per heavy atom. The summed E-state index contributed by atoms with van der Waals surface area (Å²) in [4.78, 5) is 37.7. The first-order chi connectivity index (χ1) is 30.0. The van der Waals surface area contributed by atoms with Gasteiger partial charge in [0.1, 0.15) is 19.8 Å². The fraction of sp³-hybridized carbons (Fsp3) is 0.885. The molecule has 0 amide bonds. The van der Waals surface area contributed by atoms with Gasteiger partial charge in [-0.05, 0) is 51.4 Å². The molecule has 0 saturated heterocycles. The van der Waals surface area contributed by atoms with Gasteiger partial charge in [-0.1, -0.05) is 205 Å². The fourth-order valence-corrected chi connectivity index (χ4v) is 8.08. The third-order valence-electron chi connectivity index (χ3n) is 11.4. The number of esters is 2. The Hall–Kier alpha value is -1.51. The van der Waals surface area contributed by atoms with Crippen molar-refractivity contribution in [3.63, 3.8) is 0 Å². The van der Waals surface area contributed by atoms with Crippen LogP contribution in [0.25, 0.3) is 0 Å². The van der Waals surface area contributed by atoms with E-state index in [1.54, 1.807) is 0 Å². The summed E-state index contributed by atoms with van der Waals surface area (Å²) < 4.78 is 34.0. The van der Waals surface area contributed by atoms with Gasteiger partial charge in [0.2, 0.25) is 0 Å². The van der Waals surface area contributed by atoms with E-state index in [1.165, 1.54) is 180 Å². The van der Waals surface area contributed by atoms with E-state index in [4.69, 9.17) is 18.5 Å². The quantitative estimate of drug-likeness (QED) is 0.0195. The number of hydrogen-bond acceptors (Lipinski definition) is 8. The second-order valence-corrected chi connectivity index (χ2v) is 20.3. The highest BCUT2D eigenvalue weighted by Gasteiger charge is 2.21. The van der Waals surface area contributed by atoms with Crippen molar-refractivity contribution in [1.82, 2.24) is 0 Å². The van der Waals surface area contributed by atoms with Crippen molar-refractivity contribution in [3.8, 4) is 0 Å². The van der Waals surface area contributed by atoms with Crippen LogP contribution in [-0.2, 0) is 32.7 Å². The molecule has 0 rings (SSSR count). The number of rotatable bonds is 48. The van der Waals surface area contributed by atoms with Crippen LogP contribution in [0.4, 0.5) is 0 Å². The van der Waals surface area contributed by atoms with E-state index in [0.717, 1.165) is 32.1 Å². The lowest BCUT2D eigenvalue weighted by molar-refractivity contribution is -0.870. The molecule has 0 heterocycles. The van der Waals surface area contributed by atoms with E-state index in [1.807, 2.05) is 21.1 Å². The SMILES string of the molecule is CCCC/C=C/CCCCCCCCCCCC(=O)OC[C@H](COP(=O)([O-])OCC[N+](C)(C)C)OC(=O)CCC/C=C/CCCCCCCCCCCCCCCCCCCC. The highest BCUT2D eigenvalue weighted by molar-refractivity contribution is 7.45. The average Bonchev–Trinajstić information content (AvgIpc) is 3.23. The lowest BCUT2D eigenvalue weighted by Crippen LogP contribution is -2.37. The number of ether oxygens (including phenoxy) is 2. The number of phosphoric acid groups is 1. The van der Waals surface area contributed by atoms with E-state index in [-0.39, 0.29) is 32.0 Å². The van der Waals surface area contributed by atoms with Gasteiger partial charge in [-0.3, -0.25) is 14.2 Å². The Balaban J connectivity index is 4.22. The van der Waals surface area contributed by atoms with E-state index >= 15 is 0 Å². The number of hydrogen-bond donors (Lipinski definition) is 0. The first-order valence-electron chi connectivity index (χ1n) is 26.0. The molecule has 1 unspecified atom stereocenters. The van der Waals surface area contributed by atoms with Gasteiger partial charge in [-0.25, -0.2) is 0 Å². The van der Waals surface area contributed by atoms with Crippen molar-refractivity contribution in [2.75, 3.05) is 47.5 Å². The van der Waals surface area contributed by atoms with Crippen molar-refractivity contribution < 1.29 is 42.1 Å². The molecule has 0 fully saturated rings. The molecule has 0 aliphatic rings. The number of phosphoric ester groups is 1. The molecule has 366 valence electrons. The highest BCUT2D eigenvalue weighted by atomic mass is 31.2. The van der Waals surface area contributed by atoms with Crippen molar-refractivity contribution >= 4 is 19.8 Å². The summed E-state index contributed by atoms with van der Waals surface area (Å²) in [6, 6.07) is 0. The van der Waals surface area contributed by atoms with Crippen LogP contribution >= 0.6 is 7.82 Å². The van der Waals surface area contributed by atoms with Crippen LogP contribution in [0.2, 0.25) is 0 Å². The molecular formula is C52H100NO8P. The number of carbonyl (C=O) groups is 2. The predicted molar refractivity (Wildman–Crippen MR) is 259 cm³/mol. The van der Waals surface area contributed by atoms with Crippen molar-refractivity contribution in [3.05, 3.63) is 24.3 Å². The maximum absolute atomic E-state index is 12.7. The largest absolute Gasteiger partial charge is 0.756 e. The van der Waals surface area contributed by atoms with E-state index in [0.29, 0.717) is 17.4 Å². The molecule has 0 radical (unpaired) electrons. The number of likely N-dealkylation sites (N-methyl/N-ethyl adjacent to an activating group) is 1. The Labute approximate surface area is 383 Å². The molecule has 0 aliphatic carbocycles. The van der Waals surface area contributed by atoms with Gasteiger partial charge in [0.25, 0.3) is 7.82 Å². The Bertz CT molecular complexity index is 1110. The zero-order chi connectivity index (χ0) is 45.7. The molecule has 10 heteroatoms. The van der Waals surface area contributed by atoms with E-state index < -0.39 is 26.5 Å².